The normalized spacial score (nSPS) is 20.6. The average Bonchev–Trinajstić information content (AvgIpc) is 2.60. The molecule has 4 nitrogen and oxygen atoms in total. The minimum absolute atomic E-state index is 0.241. The smallest absolute Gasteiger partial charge is 0.348 e. The van der Waals surface area contributed by atoms with Crippen LogP contribution in [0.1, 0.15) is 35.3 Å². The highest BCUT2D eigenvalue weighted by molar-refractivity contribution is 6.33. The van der Waals surface area contributed by atoms with Crippen LogP contribution in [0.25, 0.3) is 0 Å². The second-order valence-corrected chi connectivity index (χ2v) is 6.21. The summed E-state index contributed by atoms with van der Waals surface area (Å²) < 4.78 is 10.2. The first-order valence-electron chi connectivity index (χ1n) is 6.37. The van der Waals surface area contributed by atoms with Gasteiger partial charge in [0.15, 0.2) is 0 Å². The predicted octanol–water partition coefficient (Wildman–Crippen LogP) is 3.07. The van der Waals surface area contributed by atoms with Gasteiger partial charge in [-0.1, -0.05) is 25.4 Å². The van der Waals surface area contributed by atoms with E-state index in [1.165, 1.54) is 0 Å². The highest BCUT2D eigenvalue weighted by atomic mass is 35.5. The summed E-state index contributed by atoms with van der Waals surface area (Å²) in [5.74, 6) is -1.11. The van der Waals surface area contributed by atoms with E-state index in [9.17, 15) is 9.59 Å². The fourth-order valence-corrected chi connectivity index (χ4v) is 2.34. The monoisotopic (exact) mass is 296 g/mol. The average molecular weight is 297 g/mol. The predicted molar refractivity (Wildman–Crippen MR) is 74.9 cm³/mol. The Morgan fingerprint density at radius 1 is 1.35 bits per heavy atom. The minimum Gasteiger partial charge on any atom is -0.462 e. The number of esters is 2. The largest absolute Gasteiger partial charge is 0.462 e. The van der Waals surface area contributed by atoms with Gasteiger partial charge in [-0.3, -0.25) is 0 Å². The fraction of sp³-hybridized carbons (Fsp3) is 0.467. The summed E-state index contributed by atoms with van der Waals surface area (Å²) in [5.41, 5.74) is 1.67. The lowest BCUT2D eigenvalue weighted by molar-refractivity contribution is -0.145. The van der Waals surface area contributed by atoms with Crippen molar-refractivity contribution in [1.82, 2.24) is 0 Å². The maximum atomic E-state index is 12.2. The second kappa shape index (κ2) is 5.09. The minimum atomic E-state index is -0.896. The van der Waals surface area contributed by atoms with Crippen molar-refractivity contribution in [2.45, 2.75) is 33.8 Å². The van der Waals surface area contributed by atoms with Crippen LogP contribution in [0.2, 0.25) is 5.02 Å². The molecule has 1 aliphatic heterocycles. The zero-order valence-electron chi connectivity index (χ0n) is 12.0. The van der Waals surface area contributed by atoms with E-state index < -0.39 is 23.5 Å². The maximum absolute atomic E-state index is 12.2. The van der Waals surface area contributed by atoms with E-state index in [4.69, 9.17) is 21.1 Å². The van der Waals surface area contributed by atoms with E-state index in [0.29, 0.717) is 5.02 Å². The number of ether oxygens (including phenoxy) is 2. The van der Waals surface area contributed by atoms with Crippen molar-refractivity contribution in [2.24, 2.45) is 5.41 Å². The third-order valence-electron chi connectivity index (χ3n) is 3.54. The number of halogens is 1. The van der Waals surface area contributed by atoms with Crippen molar-refractivity contribution in [3.05, 3.63) is 33.8 Å². The third-order valence-corrected chi connectivity index (χ3v) is 3.85. The lowest BCUT2D eigenvalue weighted by atomic mass is 9.90. The highest BCUT2D eigenvalue weighted by Gasteiger charge is 2.46. The molecule has 1 aromatic carbocycles. The Hall–Kier alpha value is -1.55. The molecule has 0 aromatic heterocycles. The number of carbonyl (C=O) groups excluding carboxylic acids is 2. The Morgan fingerprint density at radius 3 is 2.50 bits per heavy atom. The summed E-state index contributed by atoms with van der Waals surface area (Å²) in [6.07, 6.45) is -0.896. The summed E-state index contributed by atoms with van der Waals surface area (Å²) in [4.78, 5) is 23.8. The van der Waals surface area contributed by atoms with Crippen LogP contribution in [0.5, 0.6) is 0 Å². The SMILES string of the molecule is Cc1cc(Cl)c(C(=O)O[C@@H]2C(=O)OCC2(C)C)cc1C. The topological polar surface area (TPSA) is 52.6 Å². The molecule has 0 N–H and O–H groups in total. The summed E-state index contributed by atoms with van der Waals surface area (Å²) in [6, 6.07) is 3.39. The molecule has 1 heterocycles. The Labute approximate surface area is 123 Å². The van der Waals surface area contributed by atoms with Gasteiger partial charge in [-0.05, 0) is 37.1 Å². The molecule has 1 atom stereocenters. The summed E-state index contributed by atoms with van der Waals surface area (Å²) in [7, 11) is 0. The van der Waals surface area contributed by atoms with Gasteiger partial charge in [0, 0.05) is 5.41 Å². The van der Waals surface area contributed by atoms with E-state index in [1.807, 2.05) is 27.7 Å². The number of cyclic esters (lactones) is 1. The zero-order valence-corrected chi connectivity index (χ0v) is 12.7. The van der Waals surface area contributed by atoms with E-state index in [2.05, 4.69) is 0 Å². The van der Waals surface area contributed by atoms with Crippen molar-refractivity contribution in [2.75, 3.05) is 6.61 Å². The van der Waals surface area contributed by atoms with Gasteiger partial charge < -0.3 is 9.47 Å². The standard InChI is InChI=1S/C15H17ClO4/c1-8-5-10(11(16)6-9(8)2)13(17)20-12-14(18)19-7-15(12,3)4/h5-6,12H,7H2,1-4H3/t12-/m1/s1. The van der Waals surface area contributed by atoms with Gasteiger partial charge in [0.25, 0.3) is 0 Å². The number of rotatable bonds is 2. The molecule has 5 heteroatoms. The Bertz CT molecular complexity index is 577. The van der Waals surface area contributed by atoms with Gasteiger partial charge in [0.2, 0.25) is 6.10 Å². The van der Waals surface area contributed by atoms with Gasteiger partial charge in [0.05, 0.1) is 10.6 Å². The van der Waals surface area contributed by atoms with E-state index in [1.54, 1.807) is 12.1 Å². The molecule has 0 bridgehead atoms. The molecular weight excluding hydrogens is 280 g/mol. The number of carbonyl (C=O) groups is 2. The van der Waals surface area contributed by atoms with E-state index >= 15 is 0 Å². The molecular formula is C15H17ClO4. The van der Waals surface area contributed by atoms with Crippen LogP contribution in [0.4, 0.5) is 0 Å². The lowest BCUT2D eigenvalue weighted by Gasteiger charge is -2.22. The number of hydrogen-bond acceptors (Lipinski definition) is 4. The third kappa shape index (κ3) is 2.66. The molecule has 0 radical (unpaired) electrons. The molecule has 0 saturated carbocycles. The summed E-state index contributed by atoms with van der Waals surface area (Å²) in [5, 5.41) is 0.322. The number of benzene rings is 1. The quantitative estimate of drug-likeness (QED) is 0.787. The lowest BCUT2D eigenvalue weighted by Crippen LogP contribution is -2.35. The van der Waals surface area contributed by atoms with Crippen molar-refractivity contribution in [3.63, 3.8) is 0 Å². The molecule has 1 aliphatic rings. The molecule has 0 spiro atoms. The van der Waals surface area contributed by atoms with Gasteiger partial charge in [-0.15, -0.1) is 0 Å². The van der Waals surface area contributed by atoms with Gasteiger partial charge in [-0.25, -0.2) is 9.59 Å². The number of aryl methyl sites for hydroxylation is 2. The van der Waals surface area contributed by atoms with Gasteiger partial charge in [-0.2, -0.15) is 0 Å². The first-order valence-corrected chi connectivity index (χ1v) is 6.74. The maximum Gasteiger partial charge on any atom is 0.348 e. The fourth-order valence-electron chi connectivity index (χ4n) is 2.04. The molecule has 0 unspecified atom stereocenters. The van der Waals surface area contributed by atoms with Crippen LogP contribution in [-0.2, 0) is 14.3 Å². The molecule has 1 saturated heterocycles. The van der Waals surface area contributed by atoms with Crippen LogP contribution in [-0.4, -0.2) is 24.6 Å². The number of hydrogen-bond donors (Lipinski definition) is 0. The van der Waals surface area contributed by atoms with Crippen molar-refractivity contribution in [3.8, 4) is 0 Å². The Morgan fingerprint density at radius 2 is 1.95 bits per heavy atom. The highest BCUT2D eigenvalue weighted by Crippen LogP contribution is 2.32. The molecule has 2 rings (SSSR count). The molecule has 0 amide bonds. The van der Waals surface area contributed by atoms with Crippen molar-refractivity contribution < 1.29 is 19.1 Å². The van der Waals surface area contributed by atoms with E-state index in [-0.39, 0.29) is 12.2 Å². The van der Waals surface area contributed by atoms with Crippen LogP contribution in [0.3, 0.4) is 0 Å². The Kier molecular flexibility index (Phi) is 3.78. The molecule has 108 valence electrons. The summed E-state index contributed by atoms with van der Waals surface area (Å²) >= 11 is 6.07. The molecule has 1 fully saturated rings. The van der Waals surface area contributed by atoms with Crippen LogP contribution in [0, 0.1) is 19.3 Å². The Balaban J connectivity index is 2.25. The van der Waals surface area contributed by atoms with Crippen molar-refractivity contribution >= 4 is 23.5 Å². The van der Waals surface area contributed by atoms with E-state index in [0.717, 1.165) is 11.1 Å². The second-order valence-electron chi connectivity index (χ2n) is 5.80. The molecule has 1 aromatic rings. The van der Waals surface area contributed by atoms with Gasteiger partial charge in [0.1, 0.15) is 6.61 Å². The summed E-state index contributed by atoms with van der Waals surface area (Å²) in [6.45, 7) is 7.67. The first kappa shape index (κ1) is 14.9. The van der Waals surface area contributed by atoms with Crippen molar-refractivity contribution in [1.29, 1.82) is 0 Å². The van der Waals surface area contributed by atoms with Crippen LogP contribution in [0.15, 0.2) is 12.1 Å². The first-order chi connectivity index (χ1) is 9.22. The molecule has 20 heavy (non-hydrogen) atoms. The van der Waals surface area contributed by atoms with Gasteiger partial charge >= 0.3 is 11.9 Å². The van der Waals surface area contributed by atoms with Crippen LogP contribution >= 0.6 is 11.6 Å². The van der Waals surface area contributed by atoms with Crippen LogP contribution < -0.4 is 0 Å². The zero-order chi connectivity index (χ0) is 15.1. The molecule has 0 aliphatic carbocycles.